The highest BCUT2D eigenvalue weighted by Gasteiger charge is 2.02. The van der Waals surface area contributed by atoms with Crippen molar-refractivity contribution in [2.75, 3.05) is 5.32 Å². The maximum atomic E-state index is 12.9. The van der Waals surface area contributed by atoms with Gasteiger partial charge >= 0.3 is 0 Å². The highest BCUT2D eigenvalue weighted by atomic mass is 32.1. The second-order valence-electron chi connectivity index (χ2n) is 2.40. The monoisotopic (exact) mass is 184 g/mol. The highest BCUT2D eigenvalue weighted by Crippen LogP contribution is 2.16. The molecule has 0 aliphatic rings. The predicted molar refractivity (Wildman–Crippen MR) is 51.5 cm³/mol. The van der Waals surface area contributed by atoms with E-state index in [1.54, 1.807) is 19.1 Å². The number of rotatable bonds is 1. The maximum absolute atomic E-state index is 12.9. The molecule has 1 aromatic carbocycles. The van der Waals surface area contributed by atoms with E-state index in [1.165, 1.54) is 6.07 Å². The molecule has 0 unspecified atom stereocenters. The van der Waals surface area contributed by atoms with E-state index < -0.39 is 0 Å². The predicted octanol–water partition coefficient (Wildman–Crippen LogP) is 1.79. The van der Waals surface area contributed by atoms with Gasteiger partial charge in [-0.1, -0.05) is 6.07 Å². The van der Waals surface area contributed by atoms with E-state index in [0.29, 0.717) is 11.3 Å². The van der Waals surface area contributed by atoms with Gasteiger partial charge in [0.2, 0.25) is 0 Å². The first-order valence-electron chi connectivity index (χ1n) is 3.43. The Balaban J connectivity index is 3.00. The van der Waals surface area contributed by atoms with Gasteiger partial charge in [0.05, 0.1) is 0 Å². The van der Waals surface area contributed by atoms with E-state index in [1.807, 2.05) is 0 Å². The van der Waals surface area contributed by atoms with Crippen LogP contribution in [0.4, 0.5) is 10.1 Å². The van der Waals surface area contributed by atoms with Gasteiger partial charge in [-0.15, -0.1) is 0 Å². The third kappa shape index (κ3) is 1.92. The Morgan fingerprint density at radius 1 is 1.58 bits per heavy atom. The second-order valence-corrected chi connectivity index (χ2v) is 2.84. The molecule has 1 aromatic rings. The van der Waals surface area contributed by atoms with E-state index in [4.69, 9.17) is 5.73 Å². The first-order valence-corrected chi connectivity index (χ1v) is 3.83. The molecule has 12 heavy (non-hydrogen) atoms. The third-order valence-corrected chi connectivity index (χ3v) is 1.63. The standard InChI is InChI=1S/C8H9FN2S/c1-5-6(9)3-2-4-7(5)11-8(10)12/h2-4H,1H3,(H3,10,11,12). The number of thiocarbonyl (C=S) groups is 1. The summed E-state index contributed by atoms with van der Waals surface area (Å²) in [6.07, 6.45) is 0. The van der Waals surface area contributed by atoms with Crippen LogP contribution in [0.2, 0.25) is 0 Å². The summed E-state index contributed by atoms with van der Waals surface area (Å²) in [6.45, 7) is 1.66. The summed E-state index contributed by atoms with van der Waals surface area (Å²) in [5.41, 5.74) is 6.37. The normalized spacial score (nSPS) is 9.50. The number of hydrogen-bond donors (Lipinski definition) is 2. The molecule has 64 valence electrons. The highest BCUT2D eigenvalue weighted by molar-refractivity contribution is 7.80. The van der Waals surface area contributed by atoms with Crippen LogP contribution >= 0.6 is 12.2 Å². The number of nitrogens with one attached hydrogen (secondary N) is 1. The molecule has 4 heteroatoms. The summed E-state index contributed by atoms with van der Waals surface area (Å²) in [5, 5.41) is 2.83. The van der Waals surface area contributed by atoms with Crippen molar-refractivity contribution >= 4 is 23.0 Å². The molecule has 0 aliphatic carbocycles. The van der Waals surface area contributed by atoms with Gasteiger partial charge in [-0.05, 0) is 31.3 Å². The summed E-state index contributed by atoms with van der Waals surface area (Å²) in [5.74, 6) is -0.267. The van der Waals surface area contributed by atoms with Crippen molar-refractivity contribution in [2.24, 2.45) is 5.73 Å². The van der Waals surface area contributed by atoms with Gasteiger partial charge in [0.25, 0.3) is 0 Å². The number of halogens is 1. The molecule has 0 saturated carbocycles. The number of nitrogens with two attached hydrogens (primary N) is 1. The lowest BCUT2D eigenvalue weighted by Crippen LogP contribution is -2.19. The Morgan fingerprint density at radius 2 is 2.25 bits per heavy atom. The number of anilines is 1. The molecular weight excluding hydrogens is 175 g/mol. The smallest absolute Gasteiger partial charge is 0.168 e. The molecule has 0 heterocycles. The van der Waals surface area contributed by atoms with Gasteiger partial charge in [-0.25, -0.2) is 4.39 Å². The second kappa shape index (κ2) is 3.49. The molecule has 0 radical (unpaired) electrons. The van der Waals surface area contributed by atoms with Gasteiger partial charge in [0, 0.05) is 11.3 Å². The fourth-order valence-electron chi connectivity index (χ4n) is 0.876. The first kappa shape index (κ1) is 8.93. The Morgan fingerprint density at radius 3 is 2.83 bits per heavy atom. The van der Waals surface area contributed by atoms with Crippen LogP contribution in [-0.4, -0.2) is 5.11 Å². The van der Waals surface area contributed by atoms with Crippen molar-refractivity contribution < 1.29 is 4.39 Å². The van der Waals surface area contributed by atoms with Gasteiger partial charge in [0.1, 0.15) is 5.82 Å². The van der Waals surface area contributed by atoms with Crippen molar-refractivity contribution in [3.05, 3.63) is 29.6 Å². The molecule has 0 aromatic heterocycles. The van der Waals surface area contributed by atoms with E-state index in [9.17, 15) is 4.39 Å². The maximum Gasteiger partial charge on any atom is 0.168 e. The molecule has 0 spiro atoms. The Kier molecular flexibility index (Phi) is 2.60. The minimum Gasteiger partial charge on any atom is -0.376 e. The molecule has 2 nitrogen and oxygen atoms in total. The van der Waals surface area contributed by atoms with Crippen LogP contribution in [0.3, 0.4) is 0 Å². The van der Waals surface area contributed by atoms with Crippen LogP contribution < -0.4 is 11.1 Å². The lowest BCUT2D eigenvalue weighted by molar-refractivity contribution is 0.619. The van der Waals surface area contributed by atoms with Crippen molar-refractivity contribution in [1.29, 1.82) is 0 Å². The number of hydrogen-bond acceptors (Lipinski definition) is 1. The van der Waals surface area contributed by atoms with Gasteiger partial charge in [0.15, 0.2) is 5.11 Å². The fraction of sp³-hybridized carbons (Fsp3) is 0.125. The van der Waals surface area contributed by atoms with Crippen LogP contribution in [0.15, 0.2) is 18.2 Å². The zero-order valence-electron chi connectivity index (χ0n) is 6.60. The molecule has 0 atom stereocenters. The lowest BCUT2D eigenvalue weighted by Gasteiger charge is -2.07. The largest absolute Gasteiger partial charge is 0.376 e. The van der Waals surface area contributed by atoms with E-state index in [0.717, 1.165) is 0 Å². The summed E-state index contributed by atoms with van der Waals surface area (Å²) in [4.78, 5) is 0. The SMILES string of the molecule is Cc1c(F)cccc1NC(N)=S. The van der Waals surface area contributed by atoms with Crippen molar-refractivity contribution in [3.8, 4) is 0 Å². The molecule has 0 fully saturated rings. The summed E-state index contributed by atoms with van der Waals surface area (Å²) in [7, 11) is 0. The van der Waals surface area contributed by atoms with E-state index in [2.05, 4.69) is 17.5 Å². The molecule has 0 amide bonds. The van der Waals surface area contributed by atoms with Gasteiger partial charge in [-0.2, -0.15) is 0 Å². The van der Waals surface area contributed by atoms with Crippen LogP contribution in [-0.2, 0) is 0 Å². The van der Waals surface area contributed by atoms with Crippen LogP contribution in [0.5, 0.6) is 0 Å². The lowest BCUT2D eigenvalue weighted by atomic mass is 10.2. The fourth-order valence-corrected chi connectivity index (χ4v) is 0.986. The molecular formula is C8H9FN2S. The summed E-state index contributed by atoms with van der Waals surface area (Å²) >= 11 is 4.62. The topological polar surface area (TPSA) is 38.0 Å². The molecule has 0 saturated heterocycles. The molecule has 0 bridgehead atoms. The minimum atomic E-state index is -0.267. The van der Waals surface area contributed by atoms with Gasteiger partial charge < -0.3 is 11.1 Å². The minimum absolute atomic E-state index is 0.142. The summed E-state index contributed by atoms with van der Waals surface area (Å²) in [6, 6.07) is 4.71. The Hall–Kier alpha value is -1.16. The van der Waals surface area contributed by atoms with E-state index >= 15 is 0 Å². The number of benzene rings is 1. The average molecular weight is 184 g/mol. The molecule has 3 N–H and O–H groups in total. The van der Waals surface area contributed by atoms with Crippen molar-refractivity contribution in [2.45, 2.75) is 6.92 Å². The van der Waals surface area contributed by atoms with Crippen LogP contribution in [0.1, 0.15) is 5.56 Å². The molecule has 0 aliphatic heterocycles. The zero-order valence-corrected chi connectivity index (χ0v) is 7.41. The first-order chi connectivity index (χ1) is 5.61. The van der Waals surface area contributed by atoms with Gasteiger partial charge in [-0.3, -0.25) is 0 Å². The zero-order chi connectivity index (χ0) is 9.14. The van der Waals surface area contributed by atoms with Crippen molar-refractivity contribution in [3.63, 3.8) is 0 Å². The Labute approximate surface area is 75.6 Å². The van der Waals surface area contributed by atoms with Crippen LogP contribution in [0.25, 0.3) is 0 Å². The summed E-state index contributed by atoms with van der Waals surface area (Å²) < 4.78 is 12.9. The molecule has 1 rings (SSSR count). The van der Waals surface area contributed by atoms with Crippen molar-refractivity contribution in [1.82, 2.24) is 0 Å². The van der Waals surface area contributed by atoms with Crippen LogP contribution in [0, 0.1) is 12.7 Å². The van der Waals surface area contributed by atoms with E-state index in [-0.39, 0.29) is 10.9 Å². The average Bonchev–Trinajstić information content (AvgIpc) is 1.98. The Bertz CT molecular complexity index is 312. The third-order valence-electron chi connectivity index (χ3n) is 1.53. The quantitative estimate of drug-likeness (QED) is 0.653.